The highest BCUT2D eigenvalue weighted by molar-refractivity contribution is 6.42. The van der Waals surface area contributed by atoms with Crippen molar-refractivity contribution in [3.05, 3.63) is 33.4 Å². The summed E-state index contributed by atoms with van der Waals surface area (Å²) >= 11 is 0. The van der Waals surface area contributed by atoms with E-state index in [0.29, 0.717) is 5.56 Å². The monoisotopic (exact) mass is 263 g/mol. The minimum absolute atomic E-state index is 0.0948. The summed E-state index contributed by atoms with van der Waals surface area (Å²) in [6.07, 6.45) is -0.0948. The highest BCUT2D eigenvalue weighted by atomic mass is 16.6. The summed E-state index contributed by atoms with van der Waals surface area (Å²) in [6, 6.07) is 3.06. The standard InChI is InChI=1S/C13H13NO5/c1-13(2)10-7(6-8(15)12(13)16)4-5-9(19-3)11(10)14(17)18/h4-5H,6H2,1-3H3. The molecule has 0 radical (unpaired) electrons. The van der Waals surface area contributed by atoms with Crippen LogP contribution < -0.4 is 4.74 Å². The Morgan fingerprint density at radius 2 is 1.95 bits per heavy atom. The molecule has 0 heterocycles. The predicted molar refractivity (Wildman–Crippen MR) is 66.4 cm³/mol. The molecule has 0 saturated carbocycles. The molecule has 2 rings (SSSR count). The van der Waals surface area contributed by atoms with Crippen molar-refractivity contribution in [2.45, 2.75) is 25.7 Å². The van der Waals surface area contributed by atoms with E-state index in [0.717, 1.165) is 0 Å². The second-order valence-corrected chi connectivity index (χ2v) is 4.96. The Labute approximate surface area is 109 Å². The lowest BCUT2D eigenvalue weighted by atomic mass is 9.70. The smallest absolute Gasteiger partial charge is 0.315 e. The van der Waals surface area contributed by atoms with Gasteiger partial charge in [-0.15, -0.1) is 0 Å². The maximum Gasteiger partial charge on any atom is 0.315 e. The van der Waals surface area contributed by atoms with Gasteiger partial charge in [0.2, 0.25) is 11.6 Å². The number of hydrogen-bond acceptors (Lipinski definition) is 5. The molecular weight excluding hydrogens is 250 g/mol. The fourth-order valence-electron chi connectivity index (χ4n) is 2.52. The average Bonchev–Trinajstić information content (AvgIpc) is 2.35. The first-order valence-corrected chi connectivity index (χ1v) is 5.73. The number of nitrogens with zero attached hydrogens (tertiary/aromatic N) is 1. The van der Waals surface area contributed by atoms with Crippen LogP contribution in [0.5, 0.6) is 5.75 Å². The molecule has 100 valence electrons. The quantitative estimate of drug-likeness (QED) is 0.459. The van der Waals surface area contributed by atoms with E-state index >= 15 is 0 Å². The Kier molecular flexibility index (Phi) is 2.88. The number of fused-ring (bicyclic) bond motifs is 1. The van der Waals surface area contributed by atoms with Crippen LogP contribution in [0.3, 0.4) is 0 Å². The van der Waals surface area contributed by atoms with Gasteiger partial charge in [-0.05, 0) is 25.5 Å². The topological polar surface area (TPSA) is 86.5 Å². The Morgan fingerprint density at radius 3 is 2.47 bits per heavy atom. The van der Waals surface area contributed by atoms with Gasteiger partial charge in [0.05, 0.1) is 23.0 Å². The van der Waals surface area contributed by atoms with Crippen LogP contribution in [0, 0.1) is 10.1 Å². The second kappa shape index (κ2) is 4.15. The van der Waals surface area contributed by atoms with Crippen molar-refractivity contribution < 1.29 is 19.2 Å². The van der Waals surface area contributed by atoms with Gasteiger partial charge in [0, 0.05) is 6.42 Å². The van der Waals surface area contributed by atoms with Crippen LogP contribution in [-0.4, -0.2) is 23.6 Å². The zero-order valence-electron chi connectivity index (χ0n) is 10.9. The number of ketones is 2. The lowest BCUT2D eigenvalue weighted by Crippen LogP contribution is -2.41. The molecule has 19 heavy (non-hydrogen) atoms. The van der Waals surface area contributed by atoms with Crippen molar-refractivity contribution in [2.75, 3.05) is 7.11 Å². The third kappa shape index (κ3) is 1.80. The molecule has 1 aliphatic carbocycles. The number of nitro groups is 1. The summed E-state index contributed by atoms with van der Waals surface area (Å²) < 4.78 is 4.99. The van der Waals surface area contributed by atoms with Gasteiger partial charge in [-0.3, -0.25) is 19.7 Å². The Bertz CT molecular complexity index is 603. The second-order valence-electron chi connectivity index (χ2n) is 4.96. The molecule has 0 unspecified atom stereocenters. The molecule has 0 fully saturated rings. The van der Waals surface area contributed by atoms with Gasteiger partial charge in [-0.2, -0.15) is 0 Å². The van der Waals surface area contributed by atoms with Gasteiger partial charge < -0.3 is 4.74 Å². The van der Waals surface area contributed by atoms with Crippen molar-refractivity contribution in [3.8, 4) is 5.75 Å². The first kappa shape index (κ1) is 13.2. The average molecular weight is 263 g/mol. The minimum Gasteiger partial charge on any atom is -0.490 e. The van der Waals surface area contributed by atoms with Crippen LogP contribution in [0.4, 0.5) is 5.69 Å². The summed E-state index contributed by atoms with van der Waals surface area (Å²) in [7, 11) is 1.33. The molecule has 6 nitrogen and oxygen atoms in total. The van der Waals surface area contributed by atoms with E-state index in [1.165, 1.54) is 27.0 Å². The number of methoxy groups -OCH3 is 1. The van der Waals surface area contributed by atoms with Crippen LogP contribution in [0.1, 0.15) is 25.0 Å². The number of ether oxygens (including phenoxy) is 1. The number of rotatable bonds is 2. The largest absolute Gasteiger partial charge is 0.490 e. The third-order valence-electron chi connectivity index (χ3n) is 3.43. The van der Waals surface area contributed by atoms with Crippen molar-refractivity contribution in [2.24, 2.45) is 0 Å². The Morgan fingerprint density at radius 1 is 1.32 bits per heavy atom. The summed E-state index contributed by atoms with van der Waals surface area (Å²) in [5, 5.41) is 11.3. The maximum atomic E-state index is 12.0. The first-order valence-electron chi connectivity index (χ1n) is 5.73. The SMILES string of the molecule is COc1ccc2c(c1[N+](=O)[O-])C(C)(C)C(=O)C(=O)C2. The molecule has 0 aliphatic heterocycles. The molecule has 0 bridgehead atoms. The van der Waals surface area contributed by atoms with E-state index < -0.39 is 21.9 Å². The molecule has 0 saturated heterocycles. The van der Waals surface area contributed by atoms with Crippen LogP contribution in [0.15, 0.2) is 12.1 Å². The van der Waals surface area contributed by atoms with E-state index in [1.54, 1.807) is 6.07 Å². The summed E-state index contributed by atoms with van der Waals surface area (Å²) in [4.78, 5) is 34.3. The summed E-state index contributed by atoms with van der Waals surface area (Å²) in [5.41, 5.74) is -0.642. The molecule has 6 heteroatoms. The first-order chi connectivity index (χ1) is 8.80. The highest BCUT2D eigenvalue weighted by Gasteiger charge is 2.46. The molecule has 0 N–H and O–H groups in total. The molecule has 1 aliphatic rings. The number of Topliss-reactive ketones (excluding diaryl/α,β-unsaturated/α-hetero) is 2. The predicted octanol–water partition coefficient (Wildman–Crippen LogP) is 1.58. The Balaban J connectivity index is 2.84. The highest BCUT2D eigenvalue weighted by Crippen LogP contribution is 2.43. The zero-order chi connectivity index (χ0) is 14.4. The van der Waals surface area contributed by atoms with Gasteiger partial charge in [-0.1, -0.05) is 6.07 Å². The normalized spacial score (nSPS) is 17.0. The van der Waals surface area contributed by atoms with Crippen LogP contribution in [-0.2, 0) is 21.4 Å². The molecular formula is C13H13NO5. The van der Waals surface area contributed by atoms with E-state index in [-0.39, 0.29) is 23.4 Å². The number of carbonyl (C=O) groups excluding carboxylic acids is 2. The van der Waals surface area contributed by atoms with Gasteiger partial charge in [-0.25, -0.2) is 0 Å². The number of hydrogen-bond donors (Lipinski definition) is 0. The van der Waals surface area contributed by atoms with Gasteiger partial charge >= 0.3 is 5.69 Å². The molecule has 0 amide bonds. The number of nitro benzene ring substituents is 1. The van der Waals surface area contributed by atoms with Crippen molar-refractivity contribution in [1.82, 2.24) is 0 Å². The van der Waals surface area contributed by atoms with E-state index in [9.17, 15) is 19.7 Å². The molecule has 0 aromatic heterocycles. The van der Waals surface area contributed by atoms with Gasteiger partial charge in [0.1, 0.15) is 0 Å². The van der Waals surface area contributed by atoms with Crippen LogP contribution in [0.2, 0.25) is 0 Å². The molecule has 1 aromatic carbocycles. The molecule has 0 atom stereocenters. The number of carbonyl (C=O) groups is 2. The maximum absolute atomic E-state index is 12.0. The lowest BCUT2D eigenvalue weighted by Gasteiger charge is -2.29. The third-order valence-corrected chi connectivity index (χ3v) is 3.43. The van der Waals surface area contributed by atoms with Crippen molar-refractivity contribution in [3.63, 3.8) is 0 Å². The van der Waals surface area contributed by atoms with Crippen LogP contribution in [0.25, 0.3) is 0 Å². The zero-order valence-corrected chi connectivity index (χ0v) is 10.9. The summed E-state index contributed by atoms with van der Waals surface area (Å²) in [5.74, 6) is -1.02. The van der Waals surface area contributed by atoms with Gasteiger partial charge in [0.15, 0.2) is 5.75 Å². The van der Waals surface area contributed by atoms with E-state index in [2.05, 4.69) is 0 Å². The number of benzene rings is 1. The fourth-order valence-corrected chi connectivity index (χ4v) is 2.52. The summed E-state index contributed by atoms with van der Waals surface area (Å²) in [6.45, 7) is 3.05. The van der Waals surface area contributed by atoms with Crippen molar-refractivity contribution in [1.29, 1.82) is 0 Å². The van der Waals surface area contributed by atoms with Crippen LogP contribution >= 0.6 is 0 Å². The fraction of sp³-hybridized carbons (Fsp3) is 0.385. The van der Waals surface area contributed by atoms with E-state index in [4.69, 9.17) is 4.74 Å². The Hall–Kier alpha value is -2.24. The van der Waals surface area contributed by atoms with Gasteiger partial charge in [0.25, 0.3) is 0 Å². The molecule has 0 spiro atoms. The molecule has 1 aromatic rings. The minimum atomic E-state index is -1.21. The van der Waals surface area contributed by atoms with Crippen molar-refractivity contribution >= 4 is 17.3 Å². The van der Waals surface area contributed by atoms with E-state index in [1.807, 2.05) is 0 Å². The lowest BCUT2D eigenvalue weighted by molar-refractivity contribution is -0.386.